The van der Waals surface area contributed by atoms with Crippen LogP contribution in [0.4, 0.5) is 5.69 Å². The number of furan rings is 1. The normalized spacial score (nSPS) is 28.4. The second-order valence-corrected chi connectivity index (χ2v) is 9.79. The molecule has 0 bridgehead atoms. The zero-order valence-electron chi connectivity index (χ0n) is 17.5. The van der Waals surface area contributed by atoms with Crippen LogP contribution in [0.5, 0.6) is 0 Å². The van der Waals surface area contributed by atoms with E-state index in [-0.39, 0.29) is 29.5 Å². The summed E-state index contributed by atoms with van der Waals surface area (Å²) in [6.07, 6.45) is 1.64. The maximum atomic E-state index is 14.3. The Morgan fingerprint density at radius 1 is 1.12 bits per heavy atom. The van der Waals surface area contributed by atoms with E-state index in [4.69, 9.17) is 4.42 Å². The lowest BCUT2D eigenvalue weighted by Gasteiger charge is -2.36. The average Bonchev–Trinajstić information content (AvgIpc) is 3.63. The van der Waals surface area contributed by atoms with Crippen LogP contribution in [-0.4, -0.2) is 44.2 Å². The van der Waals surface area contributed by atoms with Crippen molar-refractivity contribution in [3.63, 3.8) is 0 Å². The Hall–Kier alpha value is -3.36. The molecule has 164 valence electrons. The number of thioether (sulfide) groups is 1. The molecule has 5 heterocycles. The summed E-state index contributed by atoms with van der Waals surface area (Å²) in [5.74, 6) is 1.24. The summed E-state index contributed by atoms with van der Waals surface area (Å²) in [6, 6.07) is 19.1. The Bertz CT molecular complexity index is 1380. The van der Waals surface area contributed by atoms with Crippen molar-refractivity contribution in [3.05, 3.63) is 84.1 Å². The highest BCUT2D eigenvalue weighted by Crippen LogP contribution is 2.61. The van der Waals surface area contributed by atoms with Gasteiger partial charge in [-0.25, -0.2) is 4.98 Å². The number of imidazole rings is 1. The van der Waals surface area contributed by atoms with Gasteiger partial charge in [0.1, 0.15) is 11.3 Å². The van der Waals surface area contributed by atoms with Gasteiger partial charge in [-0.1, -0.05) is 30.3 Å². The van der Waals surface area contributed by atoms with Gasteiger partial charge in [-0.15, -0.1) is 11.8 Å². The van der Waals surface area contributed by atoms with Gasteiger partial charge in [-0.05, 0) is 30.3 Å². The predicted octanol–water partition coefficient (Wildman–Crippen LogP) is 3.97. The molecule has 7 nitrogen and oxygen atoms in total. The molecule has 3 unspecified atom stereocenters. The topological polar surface area (TPSA) is 91.2 Å². The molecule has 2 aromatic carbocycles. The fraction of sp³-hybridized carbons (Fsp3) is 0.240. The molecule has 0 saturated carbocycles. The van der Waals surface area contributed by atoms with Crippen LogP contribution in [0, 0.1) is 5.92 Å². The van der Waals surface area contributed by atoms with Crippen molar-refractivity contribution < 1.29 is 14.0 Å². The summed E-state index contributed by atoms with van der Waals surface area (Å²) < 4.78 is 5.88. The van der Waals surface area contributed by atoms with Gasteiger partial charge in [-0.3, -0.25) is 14.5 Å². The molecule has 3 aliphatic rings. The number of amides is 1. The summed E-state index contributed by atoms with van der Waals surface area (Å²) in [5.41, 5.74) is 2.04. The highest BCUT2D eigenvalue weighted by atomic mass is 32.2. The van der Waals surface area contributed by atoms with Gasteiger partial charge in [0, 0.05) is 34.8 Å². The summed E-state index contributed by atoms with van der Waals surface area (Å²) in [4.78, 5) is 38.2. The van der Waals surface area contributed by atoms with Gasteiger partial charge in [0.05, 0.1) is 23.2 Å². The van der Waals surface area contributed by atoms with Gasteiger partial charge in [0.2, 0.25) is 11.7 Å². The molecule has 0 radical (unpaired) electrons. The van der Waals surface area contributed by atoms with E-state index in [1.54, 1.807) is 18.0 Å². The number of carbonyl (C=O) groups excluding carboxylic acids is 2. The number of hydrogen-bond donors (Lipinski definition) is 2. The van der Waals surface area contributed by atoms with Crippen LogP contribution in [0.25, 0.3) is 11.0 Å². The third-order valence-corrected chi connectivity index (χ3v) is 8.34. The van der Waals surface area contributed by atoms with Crippen LogP contribution in [0.2, 0.25) is 0 Å². The first-order valence-corrected chi connectivity index (χ1v) is 12.1. The van der Waals surface area contributed by atoms with E-state index < -0.39 is 11.5 Å². The number of aromatic nitrogens is 2. The minimum absolute atomic E-state index is 0.00335. The lowest BCUT2D eigenvalue weighted by molar-refractivity contribution is -0.127. The van der Waals surface area contributed by atoms with E-state index in [1.165, 1.54) is 0 Å². The zero-order valence-corrected chi connectivity index (χ0v) is 18.3. The van der Waals surface area contributed by atoms with Crippen LogP contribution >= 0.6 is 11.8 Å². The lowest BCUT2D eigenvalue weighted by Crippen LogP contribution is -2.52. The number of Topliss-reactive ketones (excluding diaryl/α,β-unsaturated/α-hetero) is 1. The molecule has 8 heteroatoms. The molecule has 1 amide bonds. The first kappa shape index (κ1) is 19.1. The minimum Gasteiger partial charge on any atom is -0.469 e. The largest absolute Gasteiger partial charge is 0.469 e. The quantitative estimate of drug-likeness (QED) is 0.453. The number of ketones is 1. The summed E-state index contributed by atoms with van der Waals surface area (Å²) in [7, 11) is 0. The van der Waals surface area contributed by atoms with Crippen molar-refractivity contribution in [2.24, 2.45) is 5.92 Å². The van der Waals surface area contributed by atoms with E-state index in [0.29, 0.717) is 5.88 Å². The summed E-state index contributed by atoms with van der Waals surface area (Å²) in [6.45, 7) is 0. The molecule has 2 saturated heterocycles. The Balaban J connectivity index is 1.48. The van der Waals surface area contributed by atoms with Gasteiger partial charge in [0.15, 0.2) is 5.82 Å². The monoisotopic (exact) mass is 456 g/mol. The van der Waals surface area contributed by atoms with Crippen LogP contribution in [-0.2, 0) is 10.3 Å². The Kier molecular flexibility index (Phi) is 3.96. The highest BCUT2D eigenvalue weighted by molar-refractivity contribution is 7.99. The van der Waals surface area contributed by atoms with Crippen molar-refractivity contribution in [2.45, 2.75) is 17.5 Å². The summed E-state index contributed by atoms with van der Waals surface area (Å²) >= 11 is 1.79. The maximum Gasteiger partial charge on any atom is 0.250 e. The molecule has 2 aromatic heterocycles. The molecule has 33 heavy (non-hydrogen) atoms. The number of benzene rings is 2. The zero-order chi connectivity index (χ0) is 22.2. The molecule has 1 spiro atoms. The molecule has 0 aliphatic carbocycles. The van der Waals surface area contributed by atoms with E-state index in [2.05, 4.69) is 20.2 Å². The lowest BCUT2D eigenvalue weighted by atomic mass is 9.72. The predicted molar refractivity (Wildman–Crippen MR) is 125 cm³/mol. The molecule has 4 atom stereocenters. The van der Waals surface area contributed by atoms with Crippen LogP contribution in [0.15, 0.2) is 71.3 Å². The number of nitrogens with zero attached hydrogens (tertiary/aromatic N) is 2. The molecule has 2 fully saturated rings. The van der Waals surface area contributed by atoms with E-state index >= 15 is 0 Å². The SMILES string of the molecule is O=C(c1nc2ccccc2[nH]1)C1C(c2ccco2)C2CSCN2[C@@]12C(=O)Nc1ccccc12. The smallest absolute Gasteiger partial charge is 0.250 e. The van der Waals surface area contributed by atoms with Gasteiger partial charge in [-0.2, -0.15) is 0 Å². The van der Waals surface area contributed by atoms with Crippen molar-refractivity contribution in [1.82, 2.24) is 14.9 Å². The number of nitrogens with one attached hydrogen (secondary N) is 2. The number of rotatable bonds is 3. The first-order valence-electron chi connectivity index (χ1n) is 11.0. The van der Waals surface area contributed by atoms with Gasteiger partial charge in [0.25, 0.3) is 0 Å². The molecule has 4 aromatic rings. The number of carbonyl (C=O) groups is 2. The Labute approximate surface area is 193 Å². The Morgan fingerprint density at radius 3 is 2.82 bits per heavy atom. The summed E-state index contributed by atoms with van der Waals surface area (Å²) in [5, 5.41) is 3.07. The third kappa shape index (κ3) is 2.42. The molecule has 3 aliphatic heterocycles. The standard InChI is InChI=1S/C25H20N4O3S/c30-22(23-26-16-8-3-4-9-17(16)27-23)21-20(19-10-5-11-32-19)18-12-33-13-29(18)25(21)14-6-1-2-7-15(14)28-24(25)31/h1-11,18,20-21H,12-13H2,(H,26,27)(H,28,31)/t18?,20?,21?,25-/m1/s1. The number of anilines is 1. The second kappa shape index (κ2) is 6.82. The highest BCUT2D eigenvalue weighted by Gasteiger charge is 2.70. The van der Waals surface area contributed by atoms with Crippen LogP contribution < -0.4 is 5.32 Å². The Morgan fingerprint density at radius 2 is 1.97 bits per heavy atom. The second-order valence-electron chi connectivity index (χ2n) is 8.79. The number of fused-ring (bicyclic) bond motifs is 5. The molecule has 2 N–H and O–H groups in total. The maximum absolute atomic E-state index is 14.3. The van der Waals surface area contributed by atoms with Gasteiger partial charge >= 0.3 is 0 Å². The van der Waals surface area contributed by atoms with Gasteiger partial charge < -0.3 is 14.7 Å². The molecular formula is C25H20N4O3S. The fourth-order valence-corrected chi connectivity index (χ4v) is 7.37. The molecular weight excluding hydrogens is 436 g/mol. The van der Waals surface area contributed by atoms with E-state index in [9.17, 15) is 9.59 Å². The number of para-hydroxylation sites is 3. The van der Waals surface area contributed by atoms with Crippen molar-refractivity contribution in [3.8, 4) is 0 Å². The number of aromatic amines is 1. The average molecular weight is 457 g/mol. The first-order chi connectivity index (χ1) is 16.2. The van der Waals surface area contributed by atoms with Crippen molar-refractivity contribution in [2.75, 3.05) is 16.9 Å². The third-order valence-electron chi connectivity index (χ3n) is 7.31. The minimum atomic E-state index is -1.11. The van der Waals surface area contributed by atoms with E-state index in [1.807, 2.05) is 60.7 Å². The fourth-order valence-electron chi connectivity index (χ4n) is 6.04. The number of H-pyrrole nitrogens is 1. The van der Waals surface area contributed by atoms with Crippen LogP contribution in [0.3, 0.4) is 0 Å². The van der Waals surface area contributed by atoms with E-state index in [0.717, 1.165) is 33.8 Å². The van der Waals surface area contributed by atoms with Crippen LogP contribution in [0.1, 0.15) is 27.9 Å². The van der Waals surface area contributed by atoms with Crippen molar-refractivity contribution in [1.29, 1.82) is 0 Å². The van der Waals surface area contributed by atoms with Crippen molar-refractivity contribution >= 4 is 40.2 Å². The number of hydrogen-bond acceptors (Lipinski definition) is 6. The molecule has 7 rings (SSSR count).